The van der Waals surface area contributed by atoms with Crippen molar-refractivity contribution in [2.24, 2.45) is 0 Å². The Labute approximate surface area is 156 Å². The van der Waals surface area contributed by atoms with E-state index in [4.69, 9.17) is 16.3 Å². The van der Waals surface area contributed by atoms with Gasteiger partial charge in [-0.05, 0) is 36.8 Å². The molecular weight excluding hydrogens is 352 g/mol. The molecule has 1 aromatic carbocycles. The Kier molecular flexibility index (Phi) is 4.19. The molecule has 2 aliphatic rings. The Balaban J connectivity index is 1.51. The summed E-state index contributed by atoms with van der Waals surface area (Å²) in [6, 6.07) is 8.84. The van der Waals surface area contributed by atoms with Gasteiger partial charge in [-0.2, -0.15) is 0 Å². The number of amides is 1. The van der Waals surface area contributed by atoms with Gasteiger partial charge in [-0.25, -0.2) is 0 Å². The average Bonchev–Trinajstić information content (AvgIpc) is 2.64. The van der Waals surface area contributed by atoms with Gasteiger partial charge in [-0.15, -0.1) is 0 Å². The van der Waals surface area contributed by atoms with Gasteiger partial charge < -0.3 is 9.64 Å². The van der Waals surface area contributed by atoms with Gasteiger partial charge in [0.15, 0.2) is 5.78 Å². The van der Waals surface area contributed by atoms with Crippen molar-refractivity contribution in [1.29, 1.82) is 0 Å². The lowest BCUT2D eigenvalue weighted by molar-refractivity contribution is -0.00587. The Morgan fingerprint density at radius 3 is 2.73 bits per heavy atom. The smallest absolute Gasteiger partial charge is 0.272 e. The number of nitrogens with zero attached hydrogens (tertiary/aromatic N) is 2. The number of ketones is 1. The van der Waals surface area contributed by atoms with Crippen LogP contribution in [0.4, 0.5) is 0 Å². The molecule has 6 heteroatoms. The SMILES string of the molecule is Cc1cc2c(cc1Cl)C(=O)CC1(CCN(C(=O)c3ccccn3)CC1)O2. The molecule has 0 atom stereocenters. The van der Waals surface area contributed by atoms with Crippen LogP contribution in [-0.4, -0.2) is 40.3 Å². The number of aryl methyl sites for hydroxylation is 1. The first-order chi connectivity index (χ1) is 12.5. The molecule has 134 valence electrons. The second-order valence-electron chi connectivity index (χ2n) is 6.99. The zero-order valence-electron chi connectivity index (χ0n) is 14.5. The highest BCUT2D eigenvalue weighted by molar-refractivity contribution is 6.31. The summed E-state index contributed by atoms with van der Waals surface area (Å²) in [5, 5.41) is 0.576. The lowest BCUT2D eigenvalue weighted by atomic mass is 9.82. The Bertz CT molecular complexity index is 874. The minimum Gasteiger partial charge on any atom is -0.486 e. The molecular formula is C20H19ClN2O3. The largest absolute Gasteiger partial charge is 0.486 e. The van der Waals surface area contributed by atoms with E-state index in [-0.39, 0.29) is 11.7 Å². The van der Waals surface area contributed by atoms with E-state index in [2.05, 4.69) is 4.98 Å². The van der Waals surface area contributed by atoms with Crippen molar-refractivity contribution in [2.45, 2.75) is 31.8 Å². The number of fused-ring (bicyclic) bond motifs is 1. The van der Waals surface area contributed by atoms with Gasteiger partial charge in [0.05, 0.1) is 12.0 Å². The molecule has 0 N–H and O–H groups in total. The topological polar surface area (TPSA) is 59.5 Å². The summed E-state index contributed by atoms with van der Waals surface area (Å²) in [5.74, 6) is 0.580. The van der Waals surface area contributed by atoms with Crippen LogP contribution in [0.15, 0.2) is 36.5 Å². The number of rotatable bonds is 1. The molecule has 4 rings (SSSR count). The number of halogens is 1. The Hall–Kier alpha value is -2.40. The number of carbonyl (C=O) groups is 2. The maximum Gasteiger partial charge on any atom is 0.272 e. The third kappa shape index (κ3) is 2.97. The van der Waals surface area contributed by atoms with Crippen LogP contribution in [0.1, 0.15) is 45.7 Å². The van der Waals surface area contributed by atoms with Gasteiger partial charge in [-0.3, -0.25) is 14.6 Å². The third-order valence-electron chi connectivity index (χ3n) is 5.22. The van der Waals surface area contributed by atoms with Crippen LogP contribution in [0, 0.1) is 6.92 Å². The van der Waals surface area contributed by atoms with Crippen molar-refractivity contribution < 1.29 is 14.3 Å². The van der Waals surface area contributed by atoms with Gasteiger partial charge in [-0.1, -0.05) is 17.7 Å². The molecule has 26 heavy (non-hydrogen) atoms. The van der Waals surface area contributed by atoms with E-state index >= 15 is 0 Å². The number of Topliss-reactive ketones (excluding diaryl/α,β-unsaturated/α-hetero) is 1. The first-order valence-electron chi connectivity index (χ1n) is 8.70. The second kappa shape index (κ2) is 6.40. The van der Waals surface area contributed by atoms with Gasteiger partial charge in [0.1, 0.15) is 17.0 Å². The van der Waals surface area contributed by atoms with Gasteiger partial charge in [0.2, 0.25) is 0 Å². The van der Waals surface area contributed by atoms with E-state index in [1.54, 1.807) is 35.4 Å². The van der Waals surface area contributed by atoms with Crippen LogP contribution in [0.2, 0.25) is 5.02 Å². The van der Waals surface area contributed by atoms with Gasteiger partial charge in [0, 0.05) is 37.2 Å². The first-order valence-corrected chi connectivity index (χ1v) is 9.08. The molecule has 0 unspecified atom stereocenters. The quantitative estimate of drug-likeness (QED) is 0.768. The lowest BCUT2D eigenvalue weighted by Gasteiger charge is -2.44. The molecule has 1 aromatic heterocycles. The zero-order chi connectivity index (χ0) is 18.3. The molecule has 0 bridgehead atoms. The van der Waals surface area contributed by atoms with Crippen molar-refractivity contribution >= 4 is 23.3 Å². The predicted molar refractivity (Wildman–Crippen MR) is 97.9 cm³/mol. The van der Waals surface area contributed by atoms with Gasteiger partial charge >= 0.3 is 0 Å². The zero-order valence-corrected chi connectivity index (χ0v) is 15.3. The third-order valence-corrected chi connectivity index (χ3v) is 5.62. The van der Waals surface area contributed by atoms with Crippen LogP contribution in [0.3, 0.4) is 0 Å². The number of hydrogen-bond acceptors (Lipinski definition) is 4. The monoisotopic (exact) mass is 370 g/mol. The Morgan fingerprint density at radius 2 is 2.04 bits per heavy atom. The van der Waals surface area contributed by atoms with Crippen molar-refractivity contribution in [3.8, 4) is 5.75 Å². The van der Waals surface area contributed by atoms with E-state index in [9.17, 15) is 9.59 Å². The van der Waals surface area contributed by atoms with Crippen LogP contribution in [-0.2, 0) is 0 Å². The number of ether oxygens (including phenoxy) is 1. The highest BCUT2D eigenvalue weighted by atomic mass is 35.5. The van der Waals surface area contributed by atoms with Crippen LogP contribution in [0.25, 0.3) is 0 Å². The minimum atomic E-state index is -0.536. The van der Waals surface area contributed by atoms with E-state index < -0.39 is 5.60 Å². The molecule has 1 spiro atoms. The van der Waals surface area contributed by atoms with Crippen molar-refractivity contribution in [3.63, 3.8) is 0 Å². The average molecular weight is 371 g/mol. The first kappa shape index (κ1) is 17.0. The number of piperidine rings is 1. The fourth-order valence-corrected chi connectivity index (χ4v) is 3.83. The Morgan fingerprint density at radius 1 is 1.27 bits per heavy atom. The summed E-state index contributed by atoms with van der Waals surface area (Å²) < 4.78 is 6.27. The number of carbonyl (C=O) groups excluding carboxylic acids is 2. The highest BCUT2D eigenvalue weighted by Crippen LogP contribution is 2.41. The number of pyridine rings is 1. The molecule has 0 radical (unpaired) electrons. The van der Waals surface area contributed by atoms with E-state index in [1.807, 2.05) is 13.0 Å². The van der Waals surface area contributed by atoms with Crippen molar-refractivity contribution in [3.05, 3.63) is 58.4 Å². The molecule has 5 nitrogen and oxygen atoms in total. The van der Waals surface area contributed by atoms with Crippen molar-refractivity contribution in [2.75, 3.05) is 13.1 Å². The summed E-state index contributed by atoms with van der Waals surface area (Å²) in [6.45, 7) is 2.99. The fraction of sp³-hybridized carbons (Fsp3) is 0.350. The fourth-order valence-electron chi connectivity index (χ4n) is 3.66. The molecule has 0 saturated carbocycles. The summed E-state index contributed by atoms with van der Waals surface area (Å²) in [5.41, 5.74) is 1.35. The van der Waals surface area contributed by atoms with E-state index in [0.717, 1.165) is 5.56 Å². The highest BCUT2D eigenvalue weighted by Gasteiger charge is 2.44. The number of hydrogen-bond donors (Lipinski definition) is 0. The summed E-state index contributed by atoms with van der Waals surface area (Å²) in [7, 11) is 0. The number of aromatic nitrogens is 1. The van der Waals surface area contributed by atoms with Crippen LogP contribution >= 0.6 is 11.6 Å². The van der Waals surface area contributed by atoms with Crippen molar-refractivity contribution in [1.82, 2.24) is 9.88 Å². The molecule has 3 heterocycles. The molecule has 2 aliphatic heterocycles. The number of benzene rings is 1. The maximum absolute atomic E-state index is 12.6. The summed E-state index contributed by atoms with van der Waals surface area (Å²) in [4.78, 5) is 31.1. The predicted octanol–water partition coefficient (Wildman–Crippen LogP) is 3.68. The second-order valence-corrected chi connectivity index (χ2v) is 7.40. The minimum absolute atomic E-state index is 0.0534. The summed E-state index contributed by atoms with van der Waals surface area (Å²) >= 11 is 6.14. The molecule has 1 amide bonds. The molecule has 2 aromatic rings. The van der Waals surface area contributed by atoms with Crippen LogP contribution < -0.4 is 4.74 Å². The number of likely N-dealkylation sites (tertiary alicyclic amines) is 1. The van der Waals surface area contributed by atoms with Crippen LogP contribution in [0.5, 0.6) is 5.75 Å². The normalized spacial score (nSPS) is 18.4. The van der Waals surface area contributed by atoms with E-state index in [1.165, 1.54) is 0 Å². The van der Waals surface area contributed by atoms with Gasteiger partial charge in [0.25, 0.3) is 5.91 Å². The summed E-state index contributed by atoms with van der Waals surface area (Å²) in [6.07, 6.45) is 3.19. The molecule has 1 saturated heterocycles. The molecule has 0 aliphatic carbocycles. The lowest BCUT2D eigenvalue weighted by Crippen LogP contribution is -2.52. The maximum atomic E-state index is 12.6. The standard InChI is InChI=1S/C20H19ClN2O3/c1-13-10-18-14(11-15(13)21)17(24)12-20(26-18)5-8-23(9-6-20)19(25)16-4-2-3-7-22-16/h2-4,7,10-11H,5-6,8-9,12H2,1H3. The van der Waals surface area contributed by atoms with E-state index in [0.29, 0.717) is 54.4 Å². The molecule has 1 fully saturated rings.